The topological polar surface area (TPSA) is 64.0 Å². The molecule has 5 rings (SSSR count). The van der Waals surface area contributed by atoms with Gasteiger partial charge in [0.25, 0.3) is 0 Å². The van der Waals surface area contributed by atoms with Crippen molar-refractivity contribution >= 4 is 30.0 Å². The predicted octanol–water partition coefficient (Wildman–Crippen LogP) is 6.41. The molecule has 0 bridgehead atoms. The Bertz CT molecular complexity index is 1680. The van der Waals surface area contributed by atoms with Crippen LogP contribution >= 0.6 is 0 Å². The number of fused-ring (bicyclic) bond motifs is 2. The van der Waals surface area contributed by atoms with E-state index in [0.29, 0.717) is 33.8 Å². The van der Waals surface area contributed by atoms with E-state index in [0.717, 1.165) is 26.2 Å². The largest absolute Gasteiger partial charge is 0.737 e. The summed E-state index contributed by atoms with van der Waals surface area (Å²) < 4.78 is 73.8. The minimum absolute atomic E-state index is 0.141. The Balaban J connectivity index is 1.58. The number of aryl methyl sites for hydroxylation is 2. The van der Waals surface area contributed by atoms with Crippen LogP contribution in [0.3, 0.4) is 0 Å². The second-order valence-corrected chi connectivity index (χ2v) is 9.89. The van der Waals surface area contributed by atoms with Crippen LogP contribution in [0.1, 0.15) is 35.0 Å². The highest BCUT2D eigenvalue weighted by Gasteiger charge is 2.56. The molecule has 2 aliphatic heterocycles. The first-order valence-electron chi connectivity index (χ1n) is 12.4. The molecule has 1 aromatic heterocycles. The molecule has 0 fully saturated rings. The Labute approximate surface area is 227 Å². The van der Waals surface area contributed by atoms with E-state index in [9.17, 15) is 18.3 Å². The third-order valence-corrected chi connectivity index (χ3v) is 7.09. The summed E-state index contributed by atoms with van der Waals surface area (Å²) in [6, 6.07) is 17.4. The molecule has 3 heterocycles. The molecule has 0 radical (unpaired) electrons. The van der Waals surface area contributed by atoms with Gasteiger partial charge < -0.3 is 28.0 Å². The zero-order chi connectivity index (χ0) is 29.0. The lowest BCUT2D eigenvalue weighted by Crippen LogP contribution is -2.51. The van der Waals surface area contributed by atoms with Crippen LogP contribution in [0, 0.1) is 25.2 Å². The molecular formula is C29H24BF5N4O. The van der Waals surface area contributed by atoms with Gasteiger partial charge in [0.15, 0.2) is 11.4 Å². The van der Waals surface area contributed by atoms with Crippen molar-refractivity contribution in [3.63, 3.8) is 0 Å². The average molecular weight is 550 g/mol. The lowest BCUT2D eigenvalue weighted by atomic mass is 9.84. The fourth-order valence-electron chi connectivity index (χ4n) is 5.33. The molecule has 2 N–H and O–H groups in total. The van der Waals surface area contributed by atoms with Gasteiger partial charge in [0, 0.05) is 29.1 Å². The zero-order valence-electron chi connectivity index (χ0n) is 21.8. The fraction of sp³-hybridized carbons (Fsp3) is 0.172. The fourth-order valence-corrected chi connectivity index (χ4v) is 5.33. The number of aliphatic hydroxyl groups is 1. The summed E-state index contributed by atoms with van der Waals surface area (Å²) in [5.41, 5.74) is 1.19. The lowest BCUT2D eigenvalue weighted by molar-refractivity contribution is -0.362. The molecule has 0 saturated heterocycles. The number of nitrogens with one attached hydrogen (secondary N) is 1. The van der Waals surface area contributed by atoms with Gasteiger partial charge in [-0.3, -0.25) is 0 Å². The Kier molecular flexibility index (Phi) is 6.34. The van der Waals surface area contributed by atoms with E-state index in [1.54, 1.807) is 37.4 Å². The Morgan fingerprint density at radius 2 is 1.65 bits per heavy atom. The number of allylic oxidation sites excluding steroid dienone is 3. The van der Waals surface area contributed by atoms with Crippen LogP contribution in [-0.4, -0.2) is 38.7 Å². The number of alkyl halides is 3. The molecule has 2 aromatic carbocycles. The summed E-state index contributed by atoms with van der Waals surface area (Å²) in [4.78, 5) is 0. The molecular weight excluding hydrogens is 526 g/mol. The second-order valence-electron chi connectivity index (χ2n) is 9.89. The molecule has 1 atom stereocenters. The first kappa shape index (κ1) is 27.2. The minimum Gasteiger partial charge on any atom is -0.393 e. The SMILES string of the molecule is CC1=CC(/C=C/c2ccc(NC(O)(C#N)C(F)(F)F)cc2)=[N+]2C1=C(c1ccccc1)c1c(C)cc(C)n1[B-]2(F)F. The number of halogens is 5. The standard InChI is InChI=1S/C29H24BF5N4O/c1-18-15-20(3)38-26(18)25(22-7-5-4-6-8-22)27-19(2)16-24(39(27)30(38,34)35)14-11-21-9-12-23(13-10-21)37-28(40,17-36)29(31,32)33/h4-16,37,40H,1-3H3/b14-11+. The normalized spacial score (nSPS) is 17.9. The van der Waals surface area contributed by atoms with Gasteiger partial charge in [0.05, 0.1) is 5.57 Å². The van der Waals surface area contributed by atoms with Crippen LogP contribution in [0.4, 0.5) is 27.5 Å². The van der Waals surface area contributed by atoms with Crippen LogP contribution in [0.2, 0.25) is 0 Å². The first-order chi connectivity index (χ1) is 18.8. The van der Waals surface area contributed by atoms with Gasteiger partial charge in [-0.1, -0.05) is 42.5 Å². The highest BCUT2D eigenvalue weighted by molar-refractivity contribution is 6.58. The van der Waals surface area contributed by atoms with E-state index >= 15 is 8.63 Å². The van der Waals surface area contributed by atoms with E-state index in [1.165, 1.54) is 30.3 Å². The third-order valence-electron chi connectivity index (χ3n) is 7.09. The summed E-state index contributed by atoms with van der Waals surface area (Å²) in [6.07, 6.45) is -0.419. The summed E-state index contributed by atoms with van der Waals surface area (Å²) in [5.74, 6) is 0. The molecule has 0 amide bonds. The molecule has 1 unspecified atom stereocenters. The number of nitriles is 1. The van der Waals surface area contributed by atoms with Crippen LogP contribution < -0.4 is 5.32 Å². The van der Waals surface area contributed by atoms with Gasteiger partial charge in [-0.2, -0.15) is 18.4 Å². The average Bonchev–Trinajstić information content (AvgIpc) is 3.40. The van der Waals surface area contributed by atoms with Gasteiger partial charge >= 0.3 is 18.9 Å². The molecule has 0 saturated carbocycles. The van der Waals surface area contributed by atoms with Gasteiger partial charge in [0.1, 0.15) is 6.07 Å². The number of rotatable bonds is 5. The summed E-state index contributed by atoms with van der Waals surface area (Å²) in [7, 11) is 0. The zero-order valence-corrected chi connectivity index (χ0v) is 21.8. The van der Waals surface area contributed by atoms with Crippen molar-refractivity contribution in [1.29, 1.82) is 5.26 Å². The molecule has 0 spiro atoms. The number of anilines is 1. The smallest absolute Gasteiger partial charge is 0.393 e. The second kappa shape index (κ2) is 9.35. The van der Waals surface area contributed by atoms with Gasteiger partial charge in [-0.05, 0) is 67.4 Å². The Morgan fingerprint density at radius 1 is 1.00 bits per heavy atom. The van der Waals surface area contributed by atoms with E-state index in [4.69, 9.17) is 5.26 Å². The summed E-state index contributed by atoms with van der Waals surface area (Å²) in [6.45, 7) is 1.03. The van der Waals surface area contributed by atoms with Gasteiger partial charge in [0.2, 0.25) is 0 Å². The highest BCUT2D eigenvalue weighted by Crippen LogP contribution is 2.44. The van der Waals surface area contributed by atoms with Crippen molar-refractivity contribution in [2.24, 2.45) is 0 Å². The quantitative estimate of drug-likeness (QED) is 0.167. The van der Waals surface area contributed by atoms with Crippen molar-refractivity contribution in [2.45, 2.75) is 32.7 Å². The molecule has 11 heteroatoms. The van der Waals surface area contributed by atoms with E-state index in [2.05, 4.69) is 0 Å². The van der Waals surface area contributed by atoms with Crippen LogP contribution in [0.25, 0.3) is 11.6 Å². The van der Waals surface area contributed by atoms with E-state index < -0.39 is 18.9 Å². The van der Waals surface area contributed by atoms with Crippen molar-refractivity contribution in [3.8, 4) is 6.07 Å². The van der Waals surface area contributed by atoms with Crippen molar-refractivity contribution in [1.82, 2.24) is 4.48 Å². The van der Waals surface area contributed by atoms with E-state index in [1.807, 2.05) is 37.3 Å². The summed E-state index contributed by atoms with van der Waals surface area (Å²) >= 11 is 0. The molecule has 40 heavy (non-hydrogen) atoms. The summed E-state index contributed by atoms with van der Waals surface area (Å²) in [5, 5.41) is 20.2. The maximum atomic E-state index is 16.3. The first-order valence-corrected chi connectivity index (χ1v) is 12.4. The van der Waals surface area contributed by atoms with Crippen molar-refractivity contribution in [3.05, 3.63) is 112 Å². The van der Waals surface area contributed by atoms with Crippen LogP contribution in [0.15, 0.2) is 84.1 Å². The van der Waals surface area contributed by atoms with Gasteiger partial charge in [-0.15, -0.1) is 0 Å². The highest BCUT2D eigenvalue weighted by atomic mass is 19.4. The predicted molar refractivity (Wildman–Crippen MR) is 144 cm³/mol. The Morgan fingerprint density at radius 3 is 2.25 bits per heavy atom. The number of nitrogens with zero attached hydrogens (tertiary/aromatic N) is 3. The van der Waals surface area contributed by atoms with Crippen LogP contribution in [0.5, 0.6) is 0 Å². The molecule has 2 aliphatic rings. The third kappa shape index (κ3) is 4.25. The number of hydrogen-bond acceptors (Lipinski definition) is 3. The Hall–Kier alpha value is -4.43. The maximum Gasteiger partial charge on any atom is 0.737 e. The van der Waals surface area contributed by atoms with Crippen molar-refractivity contribution in [2.75, 3.05) is 5.32 Å². The molecule has 3 aromatic rings. The van der Waals surface area contributed by atoms with Gasteiger partial charge in [-0.25, -0.2) is 0 Å². The lowest BCUT2D eigenvalue weighted by Gasteiger charge is -2.34. The number of aromatic nitrogens is 1. The number of benzene rings is 2. The molecule has 0 aliphatic carbocycles. The number of hydrogen-bond donors (Lipinski definition) is 2. The van der Waals surface area contributed by atoms with Crippen LogP contribution in [-0.2, 0) is 0 Å². The molecule has 204 valence electrons. The van der Waals surface area contributed by atoms with Crippen molar-refractivity contribution < 1.29 is 31.4 Å². The van der Waals surface area contributed by atoms with E-state index in [-0.39, 0.29) is 11.4 Å². The molecule has 5 nitrogen and oxygen atoms in total. The minimum atomic E-state index is -5.22. The monoisotopic (exact) mass is 550 g/mol. The maximum absolute atomic E-state index is 16.3.